The van der Waals surface area contributed by atoms with Crippen molar-refractivity contribution in [1.82, 2.24) is 15.3 Å². The lowest BCUT2D eigenvalue weighted by atomic mass is 10.1. The number of aromatic amines is 1. The molecule has 7 heteroatoms. The number of imidazole rings is 1. The molecule has 3 aromatic rings. The average molecular weight is 434 g/mol. The van der Waals surface area contributed by atoms with Crippen LogP contribution in [0.15, 0.2) is 46.9 Å². The number of carbonyl (C=O) groups is 1. The van der Waals surface area contributed by atoms with E-state index in [1.165, 1.54) is 12.1 Å². The number of alkyl carbamates (subject to hydrolysis) is 1. The van der Waals surface area contributed by atoms with E-state index < -0.39 is 17.7 Å². The molecule has 0 aliphatic heterocycles. The summed E-state index contributed by atoms with van der Waals surface area (Å²) < 4.78 is 19.8. The molecule has 2 aromatic carbocycles. The van der Waals surface area contributed by atoms with Crippen LogP contribution in [-0.2, 0) is 11.2 Å². The minimum Gasteiger partial charge on any atom is -0.444 e. The zero-order chi connectivity index (χ0) is 19.6. The van der Waals surface area contributed by atoms with Gasteiger partial charge in [0.25, 0.3) is 0 Å². The SMILES string of the molecule is CC(C)(C)OC(=O)N[C@H](Cc1ccc(Br)cc1)c1nc2ccc(F)cc2[nH]1. The number of rotatable bonds is 4. The fourth-order valence-corrected chi connectivity index (χ4v) is 2.95. The summed E-state index contributed by atoms with van der Waals surface area (Å²) >= 11 is 3.42. The maximum absolute atomic E-state index is 13.5. The lowest BCUT2D eigenvalue weighted by Crippen LogP contribution is -2.36. The number of halogens is 2. The lowest BCUT2D eigenvalue weighted by molar-refractivity contribution is 0.0501. The quantitative estimate of drug-likeness (QED) is 0.588. The Hall–Kier alpha value is -2.41. The Kier molecular flexibility index (Phi) is 5.51. The summed E-state index contributed by atoms with van der Waals surface area (Å²) in [6, 6.07) is 11.7. The number of amides is 1. The molecule has 27 heavy (non-hydrogen) atoms. The molecule has 5 nitrogen and oxygen atoms in total. The molecule has 0 radical (unpaired) electrons. The molecule has 0 unspecified atom stereocenters. The smallest absolute Gasteiger partial charge is 0.408 e. The van der Waals surface area contributed by atoms with Crippen molar-refractivity contribution in [2.45, 2.75) is 38.8 Å². The van der Waals surface area contributed by atoms with Crippen molar-refractivity contribution in [3.63, 3.8) is 0 Å². The second-order valence-electron chi connectivity index (χ2n) is 7.31. The normalized spacial score (nSPS) is 12.8. The Bertz CT molecular complexity index is 948. The van der Waals surface area contributed by atoms with Crippen LogP contribution in [0.4, 0.5) is 9.18 Å². The Morgan fingerprint density at radius 3 is 2.63 bits per heavy atom. The number of benzene rings is 2. The number of nitrogens with zero attached hydrogens (tertiary/aromatic N) is 1. The molecular formula is C20H21BrFN3O2. The van der Waals surface area contributed by atoms with E-state index in [2.05, 4.69) is 31.2 Å². The van der Waals surface area contributed by atoms with Gasteiger partial charge in [0.15, 0.2) is 0 Å². The van der Waals surface area contributed by atoms with Crippen LogP contribution in [0.5, 0.6) is 0 Å². The van der Waals surface area contributed by atoms with E-state index in [1.807, 2.05) is 24.3 Å². The van der Waals surface area contributed by atoms with E-state index in [4.69, 9.17) is 4.74 Å². The first-order valence-corrected chi connectivity index (χ1v) is 9.38. The molecule has 2 N–H and O–H groups in total. The van der Waals surface area contributed by atoms with Crippen LogP contribution < -0.4 is 5.32 Å². The number of hydrogen-bond acceptors (Lipinski definition) is 3. The minimum atomic E-state index is -0.608. The summed E-state index contributed by atoms with van der Waals surface area (Å²) in [6.07, 6.45) is -0.0225. The first-order chi connectivity index (χ1) is 12.7. The average Bonchev–Trinajstić information content (AvgIpc) is 2.97. The Labute approximate surface area is 165 Å². The summed E-state index contributed by atoms with van der Waals surface area (Å²) in [6.45, 7) is 5.42. The van der Waals surface area contributed by atoms with Gasteiger partial charge in [0.2, 0.25) is 0 Å². The van der Waals surface area contributed by atoms with Crippen LogP contribution in [-0.4, -0.2) is 21.7 Å². The van der Waals surface area contributed by atoms with Crippen molar-refractivity contribution in [2.24, 2.45) is 0 Å². The summed E-state index contributed by atoms with van der Waals surface area (Å²) in [7, 11) is 0. The van der Waals surface area contributed by atoms with Gasteiger partial charge in [-0.05, 0) is 56.7 Å². The first kappa shape index (κ1) is 19.4. The van der Waals surface area contributed by atoms with Gasteiger partial charge in [-0.2, -0.15) is 0 Å². The molecule has 0 bridgehead atoms. The zero-order valence-corrected chi connectivity index (χ0v) is 16.9. The number of hydrogen-bond donors (Lipinski definition) is 2. The molecule has 3 rings (SSSR count). The summed E-state index contributed by atoms with van der Waals surface area (Å²) in [5.74, 6) is 0.201. The summed E-state index contributed by atoms with van der Waals surface area (Å²) in [4.78, 5) is 19.9. The topological polar surface area (TPSA) is 67.0 Å². The Morgan fingerprint density at radius 2 is 1.96 bits per heavy atom. The van der Waals surface area contributed by atoms with Crippen LogP contribution in [0, 0.1) is 5.82 Å². The van der Waals surface area contributed by atoms with Gasteiger partial charge in [-0.3, -0.25) is 0 Å². The third-order valence-electron chi connectivity index (χ3n) is 3.84. The van der Waals surface area contributed by atoms with Gasteiger partial charge in [-0.25, -0.2) is 14.2 Å². The number of carbonyl (C=O) groups excluding carboxylic acids is 1. The third kappa shape index (κ3) is 5.29. The molecule has 0 saturated carbocycles. The van der Waals surface area contributed by atoms with Crippen LogP contribution in [0.3, 0.4) is 0 Å². The number of nitrogens with one attached hydrogen (secondary N) is 2. The van der Waals surface area contributed by atoms with Gasteiger partial charge in [-0.1, -0.05) is 28.1 Å². The van der Waals surface area contributed by atoms with Gasteiger partial charge in [-0.15, -0.1) is 0 Å². The van der Waals surface area contributed by atoms with Crippen LogP contribution >= 0.6 is 15.9 Å². The molecule has 1 aromatic heterocycles. The van der Waals surface area contributed by atoms with Gasteiger partial charge in [0.05, 0.1) is 17.1 Å². The van der Waals surface area contributed by atoms with E-state index in [9.17, 15) is 9.18 Å². The maximum Gasteiger partial charge on any atom is 0.408 e. The van der Waals surface area contributed by atoms with Gasteiger partial charge in [0, 0.05) is 10.9 Å². The van der Waals surface area contributed by atoms with Crippen molar-refractivity contribution in [3.05, 3.63) is 64.1 Å². The number of fused-ring (bicyclic) bond motifs is 1. The van der Waals surface area contributed by atoms with E-state index >= 15 is 0 Å². The minimum absolute atomic E-state index is 0.345. The van der Waals surface area contributed by atoms with E-state index in [0.717, 1.165) is 10.0 Å². The molecule has 1 atom stereocenters. The number of ether oxygens (including phenoxy) is 1. The molecule has 0 fully saturated rings. The van der Waals surface area contributed by atoms with Gasteiger partial charge in [0.1, 0.15) is 17.2 Å². The molecule has 0 aliphatic rings. The number of aromatic nitrogens is 2. The largest absolute Gasteiger partial charge is 0.444 e. The van der Waals surface area contributed by atoms with Crippen LogP contribution in [0.2, 0.25) is 0 Å². The predicted molar refractivity (Wildman–Crippen MR) is 106 cm³/mol. The fourth-order valence-electron chi connectivity index (χ4n) is 2.69. The monoisotopic (exact) mass is 433 g/mol. The first-order valence-electron chi connectivity index (χ1n) is 8.59. The highest BCUT2D eigenvalue weighted by atomic mass is 79.9. The van der Waals surface area contributed by atoms with E-state index in [1.54, 1.807) is 26.8 Å². The predicted octanol–water partition coefficient (Wildman–Crippen LogP) is 5.27. The zero-order valence-electron chi connectivity index (χ0n) is 15.3. The summed E-state index contributed by atoms with van der Waals surface area (Å²) in [5, 5.41) is 2.87. The second kappa shape index (κ2) is 7.68. The highest BCUT2D eigenvalue weighted by Gasteiger charge is 2.23. The maximum atomic E-state index is 13.5. The highest BCUT2D eigenvalue weighted by Crippen LogP contribution is 2.22. The van der Waals surface area contributed by atoms with Crippen LogP contribution in [0.25, 0.3) is 11.0 Å². The number of H-pyrrole nitrogens is 1. The Morgan fingerprint density at radius 1 is 1.26 bits per heavy atom. The van der Waals surface area contributed by atoms with Crippen molar-refractivity contribution < 1.29 is 13.9 Å². The second-order valence-corrected chi connectivity index (χ2v) is 8.23. The molecular weight excluding hydrogens is 413 g/mol. The van der Waals surface area contributed by atoms with E-state index in [-0.39, 0.29) is 5.82 Å². The molecule has 0 aliphatic carbocycles. The van der Waals surface area contributed by atoms with Crippen molar-refractivity contribution in [2.75, 3.05) is 0 Å². The fraction of sp³-hybridized carbons (Fsp3) is 0.300. The third-order valence-corrected chi connectivity index (χ3v) is 4.37. The van der Waals surface area contributed by atoms with Crippen molar-refractivity contribution in [1.29, 1.82) is 0 Å². The molecule has 1 amide bonds. The van der Waals surface area contributed by atoms with E-state index in [0.29, 0.717) is 23.3 Å². The molecule has 142 valence electrons. The van der Waals surface area contributed by atoms with Gasteiger partial charge < -0.3 is 15.0 Å². The Balaban J connectivity index is 1.89. The lowest BCUT2D eigenvalue weighted by Gasteiger charge is -2.23. The standard InChI is InChI=1S/C20H21BrFN3O2/c1-20(2,3)27-19(26)25-17(10-12-4-6-13(21)7-5-12)18-23-15-9-8-14(22)11-16(15)24-18/h4-9,11,17H,10H2,1-3H3,(H,23,24)(H,25,26)/t17-/m1/s1. The molecule has 0 saturated heterocycles. The molecule has 0 spiro atoms. The summed E-state index contributed by atoms with van der Waals surface area (Å²) in [5.41, 5.74) is 1.63. The van der Waals surface area contributed by atoms with Gasteiger partial charge >= 0.3 is 6.09 Å². The highest BCUT2D eigenvalue weighted by molar-refractivity contribution is 9.10. The van der Waals surface area contributed by atoms with Crippen molar-refractivity contribution >= 4 is 33.1 Å². The molecule has 1 heterocycles. The van der Waals surface area contributed by atoms with Crippen molar-refractivity contribution in [3.8, 4) is 0 Å². The van der Waals surface area contributed by atoms with Crippen LogP contribution in [0.1, 0.15) is 38.2 Å².